The topological polar surface area (TPSA) is 78.4 Å². The van der Waals surface area contributed by atoms with E-state index in [4.69, 9.17) is 5.11 Å². The van der Waals surface area contributed by atoms with E-state index in [-0.39, 0.29) is 24.3 Å². The molecule has 0 aliphatic rings. The Bertz CT molecular complexity index is 513. The number of anilines is 1. The molecule has 7 heteroatoms. The third-order valence-electron chi connectivity index (χ3n) is 2.84. The van der Waals surface area contributed by atoms with Gasteiger partial charge in [-0.3, -0.25) is 9.59 Å². The van der Waals surface area contributed by atoms with Gasteiger partial charge in [-0.05, 0) is 24.0 Å². The molecule has 1 aromatic carbocycles. The summed E-state index contributed by atoms with van der Waals surface area (Å²) in [5.74, 6) is -3.63. The Hall–Kier alpha value is -2.02. The Morgan fingerprint density at radius 1 is 1.14 bits per heavy atom. The largest absolute Gasteiger partial charge is 0.396 e. The number of aliphatic hydroxyl groups excluding tert-OH is 1. The van der Waals surface area contributed by atoms with Gasteiger partial charge in [-0.2, -0.15) is 0 Å². The van der Waals surface area contributed by atoms with E-state index in [1.54, 1.807) is 0 Å². The smallest absolute Gasteiger partial charge is 0.313 e. The van der Waals surface area contributed by atoms with Crippen molar-refractivity contribution in [2.45, 2.75) is 20.3 Å². The Balaban J connectivity index is 2.57. The van der Waals surface area contributed by atoms with Gasteiger partial charge in [0.15, 0.2) is 0 Å². The number of nitrogens with one attached hydrogen (secondary N) is 2. The summed E-state index contributed by atoms with van der Waals surface area (Å²) < 4.78 is 25.9. The van der Waals surface area contributed by atoms with Gasteiger partial charge in [0.1, 0.15) is 11.6 Å². The first-order chi connectivity index (χ1) is 9.73. The van der Waals surface area contributed by atoms with Crippen LogP contribution in [0.3, 0.4) is 0 Å². The minimum Gasteiger partial charge on any atom is -0.396 e. The standard InChI is InChI=1S/C14H18F2N2O3/c1-14(2,3-4-19)8-17-12(20)13(21)18-11-6-9(15)5-10(16)7-11/h5-7,19H,3-4,8H2,1-2H3,(H,17,20)(H,18,21). The van der Waals surface area contributed by atoms with Gasteiger partial charge in [-0.1, -0.05) is 13.8 Å². The molecule has 21 heavy (non-hydrogen) atoms. The molecule has 0 saturated heterocycles. The quantitative estimate of drug-likeness (QED) is 0.720. The number of aliphatic hydroxyl groups is 1. The number of halogens is 2. The zero-order valence-electron chi connectivity index (χ0n) is 11.9. The van der Waals surface area contributed by atoms with Crippen molar-refractivity contribution in [2.24, 2.45) is 5.41 Å². The van der Waals surface area contributed by atoms with Gasteiger partial charge in [0, 0.05) is 24.9 Å². The van der Waals surface area contributed by atoms with E-state index in [1.807, 2.05) is 13.8 Å². The molecule has 0 aliphatic carbocycles. The molecule has 5 nitrogen and oxygen atoms in total. The highest BCUT2D eigenvalue weighted by Crippen LogP contribution is 2.18. The summed E-state index contributed by atoms with van der Waals surface area (Å²) in [4.78, 5) is 23.2. The van der Waals surface area contributed by atoms with Crippen LogP contribution in [0.4, 0.5) is 14.5 Å². The van der Waals surface area contributed by atoms with Crippen molar-refractivity contribution < 1.29 is 23.5 Å². The number of amides is 2. The van der Waals surface area contributed by atoms with Crippen LogP contribution in [0.1, 0.15) is 20.3 Å². The van der Waals surface area contributed by atoms with Crippen LogP contribution in [0, 0.1) is 17.0 Å². The lowest BCUT2D eigenvalue weighted by molar-refractivity contribution is -0.136. The van der Waals surface area contributed by atoms with Crippen LogP contribution in [0.25, 0.3) is 0 Å². The summed E-state index contributed by atoms with van der Waals surface area (Å²) in [5.41, 5.74) is -0.502. The molecular weight excluding hydrogens is 282 g/mol. The highest BCUT2D eigenvalue weighted by Gasteiger charge is 2.21. The van der Waals surface area contributed by atoms with Crippen LogP contribution >= 0.6 is 0 Å². The van der Waals surface area contributed by atoms with E-state index in [0.29, 0.717) is 12.5 Å². The SMILES string of the molecule is CC(C)(CCO)CNC(=O)C(=O)Nc1cc(F)cc(F)c1. The molecule has 0 radical (unpaired) electrons. The lowest BCUT2D eigenvalue weighted by Gasteiger charge is -2.23. The molecule has 3 N–H and O–H groups in total. The Labute approximate surface area is 121 Å². The third kappa shape index (κ3) is 5.86. The zero-order valence-corrected chi connectivity index (χ0v) is 11.9. The summed E-state index contributed by atoms with van der Waals surface area (Å²) in [6.45, 7) is 3.81. The molecule has 0 heterocycles. The number of benzene rings is 1. The van der Waals surface area contributed by atoms with Gasteiger partial charge in [0.05, 0.1) is 0 Å². The predicted octanol–water partition coefficient (Wildman–Crippen LogP) is 1.43. The molecule has 2 amide bonds. The molecule has 0 atom stereocenters. The number of hydrogen-bond donors (Lipinski definition) is 3. The highest BCUT2D eigenvalue weighted by atomic mass is 19.1. The fourth-order valence-corrected chi connectivity index (χ4v) is 1.60. The zero-order chi connectivity index (χ0) is 16.0. The van der Waals surface area contributed by atoms with Crippen molar-refractivity contribution >= 4 is 17.5 Å². The lowest BCUT2D eigenvalue weighted by Crippen LogP contribution is -2.40. The van der Waals surface area contributed by atoms with E-state index in [0.717, 1.165) is 12.1 Å². The van der Waals surface area contributed by atoms with Gasteiger partial charge in [0.25, 0.3) is 0 Å². The number of rotatable bonds is 5. The van der Waals surface area contributed by atoms with Gasteiger partial charge in [-0.15, -0.1) is 0 Å². The van der Waals surface area contributed by atoms with Gasteiger partial charge in [-0.25, -0.2) is 8.78 Å². The maximum atomic E-state index is 13.0. The highest BCUT2D eigenvalue weighted by molar-refractivity contribution is 6.39. The summed E-state index contributed by atoms with van der Waals surface area (Å²) >= 11 is 0. The molecule has 0 bridgehead atoms. The monoisotopic (exact) mass is 300 g/mol. The fourth-order valence-electron chi connectivity index (χ4n) is 1.60. The maximum Gasteiger partial charge on any atom is 0.313 e. The van der Waals surface area contributed by atoms with E-state index in [2.05, 4.69) is 10.6 Å². The summed E-state index contributed by atoms with van der Waals surface area (Å²) in [6, 6.07) is 2.47. The molecule has 0 spiro atoms. The van der Waals surface area contributed by atoms with Gasteiger partial charge < -0.3 is 15.7 Å². The lowest BCUT2D eigenvalue weighted by atomic mass is 9.90. The molecule has 116 valence electrons. The number of carbonyl (C=O) groups excluding carboxylic acids is 2. The minimum absolute atomic E-state index is 0.0301. The van der Waals surface area contributed by atoms with E-state index < -0.39 is 23.4 Å². The molecule has 0 saturated carbocycles. The first kappa shape index (κ1) is 17.0. The van der Waals surface area contributed by atoms with Crippen LogP contribution < -0.4 is 10.6 Å². The van der Waals surface area contributed by atoms with Crippen molar-refractivity contribution in [1.29, 1.82) is 0 Å². The Morgan fingerprint density at radius 3 is 2.24 bits per heavy atom. The normalized spacial score (nSPS) is 11.1. The Morgan fingerprint density at radius 2 is 1.71 bits per heavy atom. The minimum atomic E-state index is -1.01. The molecule has 0 aromatic heterocycles. The van der Waals surface area contributed by atoms with E-state index in [1.165, 1.54) is 0 Å². The third-order valence-corrected chi connectivity index (χ3v) is 2.84. The van der Waals surface area contributed by atoms with Crippen LogP contribution in [0.5, 0.6) is 0 Å². The van der Waals surface area contributed by atoms with E-state index in [9.17, 15) is 18.4 Å². The molecule has 0 aliphatic heterocycles. The molecular formula is C14H18F2N2O3. The molecule has 0 unspecified atom stereocenters. The van der Waals surface area contributed by atoms with Crippen molar-refractivity contribution in [1.82, 2.24) is 5.32 Å². The first-order valence-corrected chi connectivity index (χ1v) is 6.40. The molecule has 1 rings (SSSR count). The Kier molecular flexibility index (Phi) is 5.78. The fraction of sp³-hybridized carbons (Fsp3) is 0.429. The van der Waals surface area contributed by atoms with Crippen LogP contribution in [0.15, 0.2) is 18.2 Å². The van der Waals surface area contributed by atoms with Crippen LogP contribution in [0.2, 0.25) is 0 Å². The summed E-state index contributed by atoms with van der Waals surface area (Å²) in [6.07, 6.45) is 0.462. The van der Waals surface area contributed by atoms with Crippen LogP contribution in [-0.4, -0.2) is 30.1 Å². The predicted molar refractivity (Wildman–Crippen MR) is 73.5 cm³/mol. The number of hydrogen-bond acceptors (Lipinski definition) is 3. The van der Waals surface area contributed by atoms with Crippen molar-refractivity contribution in [3.8, 4) is 0 Å². The van der Waals surface area contributed by atoms with Crippen molar-refractivity contribution in [3.63, 3.8) is 0 Å². The second-order valence-electron chi connectivity index (χ2n) is 5.43. The molecule has 1 aromatic rings. The summed E-state index contributed by atoms with van der Waals surface area (Å²) in [7, 11) is 0. The second kappa shape index (κ2) is 7.12. The number of carbonyl (C=O) groups is 2. The average Bonchev–Trinajstić information content (AvgIpc) is 2.34. The molecule has 0 fully saturated rings. The first-order valence-electron chi connectivity index (χ1n) is 6.40. The van der Waals surface area contributed by atoms with Crippen LogP contribution in [-0.2, 0) is 9.59 Å². The van der Waals surface area contributed by atoms with E-state index >= 15 is 0 Å². The van der Waals surface area contributed by atoms with Gasteiger partial charge >= 0.3 is 11.8 Å². The van der Waals surface area contributed by atoms with Crippen molar-refractivity contribution in [3.05, 3.63) is 29.8 Å². The second-order valence-corrected chi connectivity index (χ2v) is 5.43. The van der Waals surface area contributed by atoms with Gasteiger partial charge in [0.2, 0.25) is 0 Å². The van der Waals surface area contributed by atoms with Crippen molar-refractivity contribution in [2.75, 3.05) is 18.5 Å². The maximum absolute atomic E-state index is 13.0. The average molecular weight is 300 g/mol. The summed E-state index contributed by atoms with van der Waals surface area (Å²) in [5, 5.41) is 13.4.